The van der Waals surface area contributed by atoms with E-state index in [0.717, 1.165) is 25.7 Å². The first kappa shape index (κ1) is 31.2. The maximum Gasteiger partial charge on any atom is 0.0215 e. The molecule has 4 unspecified atom stereocenters. The smallest absolute Gasteiger partial charge is 0.0215 e. The van der Waals surface area contributed by atoms with Crippen molar-refractivity contribution in [2.24, 2.45) is 0 Å². The van der Waals surface area contributed by atoms with E-state index in [1.54, 1.807) is 0 Å². The van der Waals surface area contributed by atoms with E-state index < -0.39 is 22.2 Å². The van der Waals surface area contributed by atoms with Gasteiger partial charge in [-0.2, -0.15) is 0 Å². The Morgan fingerprint density at radius 2 is 0.710 bits per heavy atom. The maximum absolute atomic E-state index is 11.6. The molecule has 0 bridgehead atoms. The average Bonchev–Trinajstić information content (AvgIpc) is 2.74. The normalized spacial score (nSPS) is 15.6. The van der Waals surface area contributed by atoms with E-state index >= 15 is 0 Å². The lowest BCUT2D eigenvalue weighted by Crippen LogP contribution is -2.18. The Kier molecular flexibility index (Phi) is 23.5. The van der Waals surface area contributed by atoms with Crippen molar-refractivity contribution < 1.29 is 17.5 Å². The van der Waals surface area contributed by atoms with E-state index in [0.29, 0.717) is 32.1 Å². The largest absolute Gasteiger partial charge is 0.772 e. The zero-order chi connectivity index (χ0) is 23.2. The standard InChI is InChI=1S/C25H52O4S2/c1-3-5-7-9-11-13-15-17-20-24(30(26)27)22-19-23-25(31(28)29)21-18-16-14-12-10-8-6-4-2/h24-25H,3-23H2,1-2H3,(H,26,27)(H,28,29)/p-2. The van der Waals surface area contributed by atoms with Crippen LogP contribution in [-0.2, 0) is 22.2 Å². The Morgan fingerprint density at radius 3 is 1.00 bits per heavy atom. The minimum absolute atomic E-state index is 0.316. The van der Waals surface area contributed by atoms with Crippen molar-refractivity contribution in [1.29, 1.82) is 0 Å². The van der Waals surface area contributed by atoms with Crippen molar-refractivity contribution in [2.45, 2.75) is 159 Å². The van der Waals surface area contributed by atoms with Gasteiger partial charge in [-0.1, -0.05) is 145 Å². The van der Waals surface area contributed by atoms with Crippen LogP contribution in [0.25, 0.3) is 0 Å². The summed E-state index contributed by atoms with van der Waals surface area (Å²) in [5.41, 5.74) is 0. The van der Waals surface area contributed by atoms with Crippen LogP contribution in [0.5, 0.6) is 0 Å². The highest BCUT2D eigenvalue weighted by Crippen LogP contribution is 2.20. The van der Waals surface area contributed by atoms with Crippen molar-refractivity contribution in [3.63, 3.8) is 0 Å². The van der Waals surface area contributed by atoms with Gasteiger partial charge in [-0.25, -0.2) is 0 Å². The van der Waals surface area contributed by atoms with Crippen molar-refractivity contribution in [3.05, 3.63) is 0 Å². The van der Waals surface area contributed by atoms with Crippen LogP contribution in [0.3, 0.4) is 0 Å². The van der Waals surface area contributed by atoms with Crippen LogP contribution in [0.1, 0.15) is 149 Å². The summed E-state index contributed by atoms with van der Waals surface area (Å²) in [5, 5.41) is -0.632. The zero-order valence-corrected chi connectivity index (χ0v) is 22.1. The van der Waals surface area contributed by atoms with E-state index in [1.165, 1.54) is 77.0 Å². The molecule has 0 amide bonds. The van der Waals surface area contributed by atoms with Gasteiger partial charge < -0.3 is 9.11 Å². The second-order valence-electron chi connectivity index (χ2n) is 9.22. The number of rotatable bonds is 24. The molecule has 0 aliphatic carbocycles. The fourth-order valence-corrected chi connectivity index (χ4v) is 5.70. The molecule has 0 aromatic rings. The van der Waals surface area contributed by atoms with Crippen molar-refractivity contribution >= 4 is 22.2 Å². The van der Waals surface area contributed by atoms with Crippen LogP contribution in [0.2, 0.25) is 0 Å². The van der Waals surface area contributed by atoms with Crippen LogP contribution < -0.4 is 0 Å². The highest BCUT2D eigenvalue weighted by atomic mass is 32.2. The first-order valence-corrected chi connectivity index (χ1v) is 15.5. The molecule has 4 atom stereocenters. The van der Waals surface area contributed by atoms with Crippen LogP contribution >= 0.6 is 0 Å². The molecule has 0 aromatic heterocycles. The van der Waals surface area contributed by atoms with Gasteiger partial charge in [0.15, 0.2) is 0 Å². The molecule has 0 saturated heterocycles. The lowest BCUT2D eigenvalue weighted by Gasteiger charge is -2.23. The molecule has 0 N–H and O–H groups in total. The molecule has 188 valence electrons. The minimum Gasteiger partial charge on any atom is -0.772 e. The average molecular weight is 479 g/mol. The van der Waals surface area contributed by atoms with Gasteiger partial charge in [0.25, 0.3) is 0 Å². The summed E-state index contributed by atoms with van der Waals surface area (Å²) >= 11 is -4.11. The molecule has 0 aliphatic heterocycles. The number of hydrogen-bond acceptors (Lipinski definition) is 4. The predicted molar refractivity (Wildman–Crippen MR) is 134 cm³/mol. The molecule has 0 rings (SSSR count). The molecular weight excluding hydrogens is 428 g/mol. The van der Waals surface area contributed by atoms with Gasteiger partial charge in [0, 0.05) is 10.5 Å². The number of hydrogen-bond donors (Lipinski definition) is 0. The van der Waals surface area contributed by atoms with Gasteiger partial charge in [-0.05, 0) is 25.7 Å². The predicted octanol–water partition coefficient (Wildman–Crippen LogP) is 7.71. The van der Waals surface area contributed by atoms with Crippen LogP contribution in [-0.4, -0.2) is 28.0 Å². The molecule has 31 heavy (non-hydrogen) atoms. The summed E-state index contributed by atoms with van der Waals surface area (Å²) in [5.74, 6) is 0. The Morgan fingerprint density at radius 1 is 0.452 bits per heavy atom. The monoisotopic (exact) mass is 478 g/mol. The Balaban J connectivity index is 3.92. The van der Waals surface area contributed by atoms with E-state index in [-0.39, 0.29) is 10.5 Å². The van der Waals surface area contributed by atoms with E-state index in [1.807, 2.05) is 0 Å². The van der Waals surface area contributed by atoms with Gasteiger partial charge in [0.1, 0.15) is 0 Å². The molecule has 0 aliphatic rings. The van der Waals surface area contributed by atoms with Crippen LogP contribution in [0.15, 0.2) is 0 Å². The van der Waals surface area contributed by atoms with Crippen molar-refractivity contribution in [1.82, 2.24) is 0 Å². The lowest BCUT2D eigenvalue weighted by atomic mass is 10.0. The third-order valence-electron chi connectivity index (χ3n) is 6.36. The Labute approximate surface area is 198 Å². The van der Waals surface area contributed by atoms with Gasteiger partial charge in [-0.15, -0.1) is 0 Å². The summed E-state index contributed by atoms with van der Waals surface area (Å²) in [6, 6.07) is 0. The first-order chi connectivity index (χ1) is 15.0. The van der Waals surface area contributed by atoms with Crippen molar-refractivity contribution in [2.75, 3.05) is 0 Å². The quantitative estimate of drug-likeness (QED) is 0.105. The molecular formula is C25H50O4S2-2. The summed E-state index contributed by atoms with van der Waals surface area (Å²) in [4.78, 5) is 0. The fraction of sp³-hybridized carbons (Fsp3) is 1.00. The second kappa shape index (κ2) is 23.4. The molecule has 6 heteroatoms. The summed E-state index contributed by atoms with van der Waals surface area (Å²) < 4.78 is 46.3. The van der Waals surface area contributed by atoms with Gasteiger partial charge >= 0.3 is 0 Å². The molecule has 0 aromatic carbocycles. The Bertz CT molecular complexity index is 394. The van der Waals surface area contributed by atoms with Gasteiger partial charge in [-0.3, -0.25) is 8.42 Å². The second-order valence-corrected chi connectivity index (χ2v) is 11.6. The van der Waals surface area contributed by atoms with Crippen molar-refractivity contribution in [3.8, 4) is 0 Å². The van der Waals surface area contributed by atoms with Gasteiger partial charge in [0.05, 0.1) is 0 Å². The fourth-order valence-electron chi connectivity index (χ4n) is 4.26. The molecule has 0 spiro atoms. The highest BCUT2D eigenvalue weighted by Gasteiger charge is 2.13. The first-order valence-electron chi connectivity index (χ1n) is 13.2. The summed E-state index contributed by atoms with van der Waals surface area (Å²) in [6.07, 6.45) is 22.7. The highest BCUT2D eigenvalue weighted by molar-refractivity contribution is 7.80. The van der Waals surface area contributed by atoms with E-state index in [9.17, 15) is 17.5 Å². The number of unbranched alkanes of at least 4 members (excludes halogenated alkanes) is 14. The minimum atomic E-state index is -2.06. The van der Waals surface area contributed by atoms with Crippen LogP contribution in [0.4, 0.5) is 0 Å². The molecule has 4 nitrogen and oxygen atoms in total. The molecule has 0 fully saturated rings. The summed E-state index contributed by atoms with van der Waals surface area (Å²) in [7, 11) is 0. The third kappa shape index (κ3) is 20.6. The van der Waals surface area contributed by atoms with Crippen LogP contribution in [0, 0.1) is 0 Å². The van der Waals surface area contributed by atoms with E-state index in [4.69, 9.17) is 0 Å². The lowest BCUT2D eigenvalue weighted by molar-refractivity contribution is 0.470. The molecule has 0 radical (unpaired) electrons. The molecule has 0 heterocycles. The molecule has 0 saturated carbocycles. The summed E-state index contributed by atoms with van der Waals surface area (Å²) in [6.45, 7) is 4.44. The van der Waals surface area contributed by atoms with E-state index in [2.05, 4.69) is 13.8 Å². The Hall–Kier alpha value is 0.220. The topological polar surface area (TPSA) is 80.3 Å². The third-order valence-corrected chi connectivity index (χ3v) is 8.39. The SMILES string of the molecule is CCCCCCCCCCC(CCCC(CCCCCCCCCC)S(=O)[O-])S(=O)[O-]. The van der Waals surface area contributed by atoms with Gasteiger partial charge in [0.2, 0.25) is 0 Å². The zero-order valence-electron chi connectivity index (χ0n) is 20.5. The maximum atomic E-state index is 11.6.